The van der Waals surface area contributed by atoms with Gasteiger partial charge in [-0.15, -0.1) is 11.8 Å². The number of hydrogen-bond acceptors (Lipinski definition) is 2. The van der Waals surface area contributed by atoms with Gasteiger partial charge >= 0.3 is 0 Å². The summed E-state index contributed by atoms with van der Waals surface area (Å²) < 4.78 is 1.21. The van der Waals surface area contributed by atoms with Crippen LogP contribution in [0.2, 0.25) is 0 Å². The highest BCUT2D eigenvalue weighted by molar-refractivity contribution is 9.10. The van der Waals surface area contributed by atoms with Crippen LogP contribution in [-0.2, 0) is 12.8 Å². The highest BCUT2D eigenvalue weighted by Gasteiger charge is 2.37. The van der Waals surface area contributed by atoms with E-state index < -0.39 is 0 Å². The molecular formula is C14H18BrNS. The molecule has 1 N–H and O–H groups in total. The van der Waals surface area contributed by atoms with Gasteiger partial charge in [0.2, 0.25) is 0 Å². The van der Waals surface area contributed by atoms with Crippen LogP contribution in [0.4, 0.5) is 0 Å². The van der Waals surface area contributed by atoms with Gasteiger partial charge in [-0.25, -0.2) is 0 Å². The van der Waals surface area contributed by atoms with Gasteiger partial charge in [0.05, 0.1) is 4.87 Å². The van der Waals surface area contributed by atoms with Crippen LogP contribution in [0.15, 0.2) is 22.7 Å². The Balaban J connectivity index is 1.86. The molecule has 1 fully saturated rings. The Hall–Kier alpha value is 0.01000. The fourth-order valence-electron chi connectivity index (χ4n) is 2.97. The zero-order valence-electron chi connectivity index (χ0n) is 10.1. The summed E-state index contributed by atoms with van der Waals surface area (Å²) in [6.45, 7) is 2.32. The normalized spacial score (nSPS) is 32.5. The molecule has 2 aliphatic rings. The molecule has 1 aliphatic carbocycles. The molecule has 2 unspecified atom stereocenters. The summed E-state index contributed by atoms with van der Waals surface area (Å²) in [5.41, 5.74) is 3.07. The zero-order valence-corrected chi connectivity index (χ0v) is 12.5. The standard InChI is InChI=1S/C14H18BrNS/c1-10-5-7-17-14(16-10)6-4-11-8-13(15)3-2-12(11)9-14/h2-3,8,10,16H,4-7,9H2,1H3. The van der Waals surface area contributed by atoms with Gasteiger partial charge in [0.1, 0.15) is 0 Å². The van der Waals surface area contributed by atoms with Crippen LogP contribution in [0.1, 0.15) is 30.9 Å². The molecule has 1 aliphatic heterocycles. The molecule has 1 saturated heterocycles. The van der Waals surface area contributed by atoms with Crippen molar-refractivity contribution in [2.75, 3.05) is 5.75 Å². The summed E-state index contributed by atoms with van der Waals surface area (Å²) in [6, 6.07) is 7.43. The van der Waals surface area contributed by atoms with Gasteiger partial charge in [-0.3, -0.25) is 5.32 Å². The Labute approximate surface area is 116 Å². The smallest absolute Gasteiger partial charge is 0.0691 e. The minimum atomic E-state index is 0.318. The highest BCUT2D eigenvalue weighted by Crippen LogP contribution is 2.40. The van der Waals surface area contributed by atoms with Crippen molar-refractivity contribution in [3.05, 3.63) is 33.8 Å². The van der Waals surface area contributed by atoms with Crippen molar-refractivity contribution in [2.45, 2.75) is 43.5 Å². The molecule has 17 heavy (non-hydrogen) atoms. The Morgan fingerprint density at radius 2 is 2.29 bits per heavy atom. The maximum Gasteiger partial charge on any atom is 0.0691 e. The van der Waals surface area contributed by atoms with Gasteiger partial charge in [0.25, 0.3) is 0 Å². The molecule has 1 heterocycles. The van der Waals surface area contributed by atoms with Crippen LogP contribution < -0.4 is 5.32 Å². The van der Waals surface area contributed by atoms with Crippen molar-refractivity contribution in [1.82, 2.24) is 5.32 Å². The van der Waals surface area contributed by atoms with E-state index in [2.05, 4.69) is 58.1 Å². The number of nitrogens with one attached hydrogen (secondary N) is 1. The van der Waals surface area contributed by atoms with Crippen LogP contribution in [0.5, 0.6) is 0 Å². The average Bonchev–Trinajstić information content (AvgIpc) is 2.30. The molecule has 2 atom stereocenters. The monoisotopic (exact) mass is 311 g/mol. The summed E-state index contributed by atoms with van der Waals surface area (Å²) in [5.74, 6) is 1.31. The first-order chi connectivity index (χ1) is 8.17. The second-order valence-corrected chi connectivity index (χ2v) is 7.66. The van der Waals surface area contributed by atoms with Crippen LogP contribution in [0, 0.1) is 0 Å². The summed E-state index contributed by atoms with van der Waals surface area (Å²) in [4.78, 5) is 0.318. The van der Waals surface area contributed by atoms with Gasteiger partial charge in [0, 0.05) is 16.9 Å². The summed E-state index contributed by atoms with van der Waals surface area (Å²) in [5, 5.41) is 3.84. The Kier molecular flexibility index (Phi) is 3.26. The predicted octanol–water partition coefficient (Wildman–Crippen LogP) is 3.75. The molecule has 0 saturated carbocycles. The lowest BCUT2D eigenvalue weighted by molar-refractivity contribution is 0.353. The molecule has 3 heteroatoms. The van der Waals surface area contributed by atoms with Crippen molar-refractivity contribution in [2.24, 2.45) is 0 Å². The highest BCUT2D eigenvalue weighted by atomic mass is 79.9. The SMILES string of the molecule is CC1CCSC2(CCc3cc(Br)ccc3C2)N1. The van der Waals surface area contributed by atoms with Crippen molar-refractivity contribution in [3.8, 4) is 0 Å². The molecule has 1 spiro atoms. The molecule has 1 aromatic carbocycles. The second-order valence-electron chi connectivity index (χ2n) is 5.27. The number of hydrogen-bond donors (Lipinski definition) is 1. The van der Waals surface area contributed by atoms with Gasteiger partial charge in [-0.05, 0) is 55.2 Å². The molecule has 3 rings (SSSR count). The Bertz CT molecular complexity index is 434. The van der Waals surface area contributed by atoms with Gasteiger partial charge in [-0.2, -0.15) is 0 Å². The topological polar surface area (TPSA) is 12.0 Å². The minimum absolute atomic E-state index is 0.318. The number of thioether (sulfide) groups is 1. The van der Waals surface area contributed by atoms with E-state index in [1.54, 1.807) is 0 Å². The number of aryl methyl sites for hydroxylation is 1. The van der Waals surface area contributed by atoms with Gasteiger partial charge < -0.3 is 0 Å². The molecule has 92 valence electrons. The zero-order chi connectivity index (χ0) is 11.9. The van der Waals surface area contributed by atoms with E-state index in [0.717, 1.165) is 0 Å². The Morgan fingerprint density at radius 1 is 1.41 bits per heavy atom. The molecule has 0 radical (unpaired) electrons. The third kappa shape index (κ3) is 2.42. The summed E-state index contributed by atoms with van der Waals surface area (Å²) in [6.07, 6.45) is 4.97. The third-order valence-corrected chi connectivity index (χ3v) is 5.83. The van der Waals surface area contributed by atoms with E-state index in [-0.39, 0.29) is 0 Å². The lowest BCUT2D eigenvalue weighted by atomic mass is 9.87. The lowest BCUT2D eigenvalue weighted by Crippen LogP contribution is -2.53. The van der Waals surface area contributed by atoms with E-state index in [0.29, 0.717) is 10.9 Å². The van der Waals surface area contributed by atoms with Crippen molar-refractivity contribution < 1.29 is 0 Å². The van der Waals surface area contributed by atoms with Crippen LogP contribution in [0.3, 0.4) is 0 Å². The van der Waals surface area contributed by atoms with Gasteiger partial charge in [0.15, 0.2) is 0 Å². The minimum Gasteiger partial charge on any atom is -0.300 e. The molecule has 0 amide bonds. The fourth-order valence-corrected chi connectivity index (χ4v) is 5.03. The second kappa shape index (κ2) is 4.60. The predicted molar refractivity (Wildman–Crippen MR) is 78.6 cm³/mol. The van der Waals surface area contributed by atoms with Crippen LogP contribution in [-0.4, -0.2) is 16.7 Å². The first-order valence-electron chi connectivity index (χ1n) is 6.36. The van der Waals surface area contributed by atoms with E-state index in [1.165, 1.54) is 47.0 Å². The average molecular weight is 312 g/mol. The van der Waals surface area contributed by atoms with Crippen LogP contribution >= 0.6 is 27.7 Å². The van der Waals surface area contributed by atoms with Crippen molar-refractivity contribution >= 4 is 27.7 Å². The molecule has 0 bridgehead atoms. The number of rotatable bonds is 0. The maximum atomic E-state index is 3.84. The lowest BCUT2D eigenvalue weighted by Gasteiger charge is -2.44. The quantitative estimate of drug-likeness (QED) is 0.783. The molecule has 1 aromatic rings. The van der Waals surface area contributed by atoms with E-state index in [9.17, 15) is 0 Å². The van der Waals surface area contributed by atoms with E-state index in [1.807, 2.05) is 0 Å². The Morgan fingerprint density at radius 3 is 3.12 bits per heavy atom. The fraction of sp³-hybridized carbons (Fsp3) is 0.571. The largest absolute Gasteiger partial charge is 0.300 e. The number of benzene rings is 1. The molecular weight excluding hydrogens is 294 g/mol. The molecule has 1 nitrogen and oxygen atoms in total. The van der Waals surface area contributed by atoms with Crippen LogP contribution in [0.25, 0.3) is 0 Å². The van der Waals surface area contributed by atoms with Crippen molar-refractivity contribution in [1.29, 1.82) is 0 Å². The maximum absolute atomic E-state index is 3.84. The number of halogens is 1. The first kappa shape index (κ1) is 12.1. The van der Waals surface area contributed by atoms with E-state index >= 15 is 0 Å². The molecule has 0 aromatic heterocycles. The van der Waals surface area contributed by atoms with Gasteiger partial charge in [-0.1, -0.05) is 22.0 Å². The van der Waals surface area contributed by atoms with E-state index in [4.69, 9.17) is 0 Å². The van der Waals surface area contributed by atoms with Crippen molar-refractivity contribution in [3.63, 3.8) is 0 Å². The number of fused-ring (bicyclic) bond motifs is 1. The third-order valence-electron chi connectivity index (χ3n) is 3.88. The summed E-state index contributed by atoms with van der Waals surface area (Å²) in [7, 11) is 0. The summed E-state index contributed by atoms with van der Waals surface area (Å²) >= 11 is 5.70. The first-order valence-corrected chi connectivity index (χ1v) is 8.14.